The molecule has 108 valence electrons. The molecule has 3 rings (SSSR count). The van der Waals surface area contributed by atoms with E-state index < -0.39 is 5.60 Å². The first-order valence-electron chi connectivity index (χ1n) is 7.17. The van der Waals surface area contributed by atoms with Gasteiger partial charge >= 0.3 is 6.09 Å². The molecule has 1 aromatic carbocycles. The van der Waals surface area contributed by atoms with E-state index in [2.05, 4.69) is 17.4 Å². The summed E-state index contributed by atoms with van der Waals surface area (Å²) in [6.45, 7) is 8.46. The summed E-state index contributed by atoms with van der Waals surface area (Å²) in [5, 5.41) is 3.33. The largest absolute Gasteiger partial charge is 0.444 e. The van der Waals surface area contributed by atoms with Crippen molar-refractivity contribution in [2.75, 3.05) is 19.6 Å². The van der Waals surface area contributed by atoms with Gasteiger partial charge in [0.15, 0.2) is 0 Å². The highest BCUT2D eigenvalue weighted by Crippen LogP contribution is 2.51. The lowest BCUT2D eigenvalue weighted by atomic mass is 9.65. The van der Waals surface area contributed by atoms with Gasteiger partial charge in [-0.1, -0.05) is 30.3 Å². The van der Waals surface area contributed by atoms with E-state index >= 15 is 0 Å². The van der Waals surface area contributed by atoms with E-state index in [1.165, 1.54) is 5.56 Å². The van der Waals surface area contributed by atoms with E-state index in [1.54, 1.807) is 0 Å². The second kappa shape index (κ2) is 4.48. The van der Waals surface area contributed by atoms with Gasteiger partial charge in [0.2, 0.25) is 0 Å². The van der Waals surface area contributed by atoms with Gasteiger partial charge in [-0.15, -0.1) is 0 Å². The number of carbonyl (C=O) groups is 1. The van der Waals surface area contributed by atoms with Gasteiger partial charge in [-0.05, 0) is 26.3 Å². The van der Waals surface area contributed by atoms with Gasteiger partial charge < -0.3 is 10.1 Å². The molecule has 4 nitrogen and oxygen atoms in total. The van der Waals surface area contributed by atoms with Gasteiger partial charge in [0.05, 0.1) is 6.04 Å². The third-order valence-corrected chi connectivity index (χ3v) is 4.07. The molecule has 2 fully saturated rings. The lowest BCUT2D eigenvalue weighted by molar-refractivity contribution is -0.108. The molecular formula is C16H22N2O2. The van der Waals surface area contributed by atoms with Crippen molar-refractivity contribution in [2.24, 2.45) is 5.41 Å². The average molecular weight is 274 g/mol. The highest BCUT2D eigenvalue weighted by Gasteiger charge is 2.59. The van der Waals surface area contributed by atoms with E-state index in [-0.39, 0.29) is 17.6 Å². The Morgan fingerprint density at radius 2 is 1.95 bits per heavy atom. The molecule has 1 unspecified atom stereocenters. The molecule has 2 saturated heterocycles. The Morgan fingerprint density at radius 1 is 1.30 bits per heavy atom. The molecule has 2 heterocycles. The predicted octanol–water partition coefficient (Wildman–Crippen LogP) is 2.57. The Hall–Kier alpha value is -1.55. The molecule has 2 aliphatic rings. The number of carbonyl (C=O) groups excluding carboxylic acids is 1. The monoisotopic (exact) mass is 274 g/mol. The van der Waals surface area contributed by atoms with Crippen LogP contribution in [0.4, 0.5) is 4.79 Å². The minimum Gasteiger partial charge on any atom is -0.444 e. The average Bonchev–Trinajstić information content (AvgIpc) is 2.24. The van der Waals surface area contributed by atoms with Crippen molar-refractivity contribution in [1.82, 2.24) is 10.2 Å². The van der Waals surface area contributed by atoms with Crippen molar-refractivity contribution in [3.8, 4) is 0 Å². The summed E-state index contributed by atoms with van der Waals surface area (Å²) >= 11 is 0. The van der Waals surface area contributed by atoms with Crippen LogP contribution < -0.4 is 5.32 Å². The first kappa shape index (κ1) is 13.4. The fraction of sp³-hybridized carbons (Fsp3) is 0.562. The van der Waals surface area contributed by atoms with Gasteiger partial charge in [-0.25, -0.2) is 4.79 Å². The number of amides is 1. The van der Waals surface area contributed by atoms with Crippen LogP contribution in [0, 0.1) is 5.41 Å². The predicted molar refractivity (Wildman–Crippen MR) is 77.4 cm³/mol. The van der Waals surface area contributed by atoms with Gasteiger partial charge in [0.1, 0.15) is 5.60 Å². The normalized spacial score (nSPS) is 23.9. The third-order valence-electron chi connectivity index (χ3n) is 4.07. The van der Waals surface area contributed by atoms with Crippen LogP contribution in [0.2, 0.25) is 0 Å². The Balaban J connectivity index is 1.81. The quantitative estimate of drug-likeness (QED) is 0.855. The second-order valence-corrected chi connectivity index (χ2v) is 6.89. The van der Waals surface area contributed by atoms with Crippen molar-refractivity contribution in [1.29, 1.82) is 0 Å². The van der Waals surface area contributed by atoms with Crippen LogP contribution in [0.5, 0.6) is 0 Å². The van der Waals surface area contributed by atoms with Crippen molar-refractivity contribution in [2.45, 2.75) is 32.4 Å². The maximum Gasteiger partial charge on any atom is 0.410 e. The van der Waals surface area contributed by atoms with Crippen LogP contribution in [-0.4, -0.2) is 36.2 Å². The zero-order chi connectivity index (χ0) is 14.4. The number of rotatable bonds is 1. The smallest absolute Gasteiger partial charge is 0.410 e. The Morgan fingerprint density at radius 3 is 2.45 bits per heavy atom. The van der Waals surface area contributed by atoms with Crippen LogP contribution >= 0.6 is 0 Å². The summed E-state index contributed by atoms with van der Waals surface area (Å²) in [4.78, 5) is 14.2. The summed E-state index contributed by atoms with van der Waals surface area (Å²) in [6, 6.07) is 10.4. The van der Waals surface area contributed by atoms with Crippen LogP contribution in [0.15, 0.2) is 30.3 Å². The zero-order valence-electron chi connectivity index (χ0n) is 12.3. The molecule has 0 bridgehead atoms. The number of hydrogen-bond acceptors (Lipinski definition) is 3. The standard InChI is InChI=1S/C16H22N2O2/c1-15(2,3)20-14(19)18-11-16(9-17-10-16)13(18)12-7-5-4-6-8-12/h4-8,13,17H,9-11H2,1-3H3. The number of nitrogens with zero attached hydrogens (tertiary/aromatic N) is 1. The molecule has 1 atom stereocenters. The lowest BCUT2D eigenvalue weighted by Crippen LogP contribution is -2.73. The van der Waals surface area contributed by atoms with E-state index in [0.29, 0.717) is 0 Å². The van der Waals surface area contributed by atoms with Gasteiger partial charge in [0, 0.05) is 25.0 Å². The molecule has 1 aromatic rings. The van der Waals surface area contributed by atoms with Crippen molar-refractivity contribution >= 4 is 6.09 Å². The molecule has 2 aliphatic heterocycles. The molecule has 1 N–H and O–H groups in total. The van der Waals surface area contributed by atoms with E-state index in [4.69, 9.17) is 4.74 Å². The number of benzene rings is 1. The molecule has 0 saturated carbocycles. The molecule has 0 radical (unpaired) electrons. The first-order valence-corrected chi connectivity index (χ1v) is 7.17. The number of hydrogen-bond donors (Lipinski definition) is 1. The fourth-order valence-electron chi connectivity index (χ4n) is 3.15. The minimum absolute atomic E-state index is 0.139. The molecule has 20 heavy (non-hydrogen) atoms. The Bertz CT molecular complexity index is 503. The van der Waals surface area contributed by atoms with Crippen LogP contribution in [0.3, 0.4) is 0 Å². The highest BCUT2D eigenvalue weighted by atomic mass is 16.6. The second-order valence-electron chi connectivity index (χ2n) is 6.89. The van der Waals surface area contributed by atoms with Gasteiger partial charge in [-0.2, -0.15) is 0 Å². The number of ether oxygens (including phenoxy) is 1. The van der Waals surface area contributed by atoms with Crippen molar-refractivity contribution in [3.05, 3.63) is 35.9 Å². The zero-order valence-corrected chi connectivity index (χ0v) is 12.3. The maximum atomic E-state index is 12.3. The topological polar surface area (TPSA) is 41.6 Å². The maximum absolute atomic E-state index is 12.3. The van der Waals surface area contributed by atoms with E-state index in [1.807, 2.05) is 43.9 Å². The van der Waals surface area contributed by atoms with E-state index in [0.717, 1.165) is 19.6 Å². The van der Waals surface area contributed by atoms with Crippen LogP contribution in [0.1, 0.15) is 32.4 Å². The SMILES string of the molecule is CC(C)(C)OC(=O)N1CC2(CNC2)C1c1ccccc1. The molecular weight excluding hydrogens is 252 g/mol. The van der Waals surface area contributed by atoms with Crippen molar-refractivity contribution in [3.63, 3.8) is 0 Å². The van der Waals surface area contributed by atoms with Gasteiger partial charge in [0.25, 0.3) is 0 Å². The lowest BCUT2D eigenvalue weighted by Gasteiger charge is -2.62. The Kier molecular flexibility index (Phi) is 3.01. The molecule has 0 aromatic heterocycles. The fourth-order valence-corrected chi connectivity index (χ4v) is 3.15. The van der Waals surface area contributed by atoms with Gasteiger partial charge in [-0.3, -0.25) is 4.90 Å². The molecule has 1 amide bonds. The molecule has 0 aliphatic carbocycles. The third kappa shape index (κ3) is 2.18. The minimum atomic E-state index is -0.445. The van der Waals surface area contributed by atoms with Crippen LogP contribution in [-0.2, 0) is 4.74 Å². The Labute approximate surface area is 120 Å². The first-order chi connectivity index (χ1) is 9.41. The number of nitrogens with one attached hydrogen (secondary N) is 1. The summed E-state index contributed by atoms with van der Waals surface area (Å²) in [7, 11) is 0. The summed E-state index contributed by atoms with van der Waals surface area (Å²) in [6.07, 6.45) is -0.205. The van der Waals surface area contributed by atoms with E-state index in [9.17, 15) is 4.79 Å². The van der Waals surface area contributed by atoms with Crippen LogP contribution in [0.25, 0.3) is 0 Å². The summed E-state index contributed by atoms with van der Waals surface area (Å²) in [5.41, 5.74) is 0.961. The highest BCUT2D eigenvalue weighted by molar-refractivity contribution is 5.71. The number of likely N-dealkylation sites (tertiary alicyclic amines) is 1. The summed E-state index contributed by atoms with van der Waals surface area (Å²) < 4.78 is 5.52. The van der Waals surface area contributed by atoms with Crippen molar-refractivity contribution < 1.29 is 9.53 Å². The molecule has 4 heteroatoms. The summed E-state index contributed by atoms with van der Waals surface area (Å²) in [5.74, 6) is 0. The molecule has 1 spiro atoms.